The molecule has 1 aliphatic carbocycles. The van der Waals surface area contributed by atoms with Crippen molar-refractivity contribution in [3.05, 3.63) is 24.2 Å². The minimum Gasteiger partial charge on any atom is -0.462 e. The predicted molar refractivity (Wildman–Crippen MR) is 114 cm³/mol. The van der Waals surface area contributed by atoms with Gasteiger partial charge in [-0.25, -0.2) is 9.50 Å². The molecule has 8 nitrogen and oxygen atoms in total. The van der Waals surface area contributed by atoms with E-state index in [1.807, 2.05) is 6.92 Å². The van der Waals surface area contributed by atoms with Gasteiger partial charge in [-0.1, -0.05) is 6.42 Å². The van der Waals surface area contributed by atoms with Crippen LogP contribution in [-0.4, -0.2) is 55.4 Å². The fourth-order valence-corrected chi connectivity index (χ4v) is 5.45. The first kappa shape index (κ1) is 21.2. The Labute approximate surface area is 187 Å². The maximum Gasteiger partial charge on any atom is 0.425 e. The fraction of sp³-hybridized carbons (Fsp3) is 0.600. The van der Waals surface area contributed by atoms with Gasteiger partial charge in [-0.3, -0.25) is 0 Å². The molecule has 0 aromatic carbocycles. The highest BCUT2D eigenvalue weighted by molar-refractivity contribution is 7.10. The van der Waals surface area contributed by atoms with Gasteiger partial charge in [-0.05, 0) is 50.2 Å². The molecular formula is C20H24F3N7OS. The second kappa shape index (κ2) is 8.05. The van der Waals surface area contributed by atoms with Gasteiger partial charge >= 0.3 is 6.18 Å². The lowest BCUT2D eigenvalue weighted by molar-refractivity contribution is -0.189. The molecule has 0 radical (unpaired) electrons. The van der Waals surface area contributed by atoms with Gasteiger partial charge in [0.1, 0.15) is 5.00 Å². The standard InChI is InChI=1S/C20H24F3N7OS/c1-11-8-16(32-28-11)29-9-13-4-3-5-15(14(13)10-29)25-19-26-17-18(24-6-7-30(17)27-19)31-12(2)20(21,22)23/h6-8,12-15H,3-5,9-10H2,1-2H3,(H,25,27)/t12?,13?,14-,15-/m1/s1. The average Bonchev–Trinajstić information content (AvgIpc) is 3.45. The molecular weight excluding hydrogens is 443 g/mol. The van der Waals surface area contributed by atoms with Crippen LogP contribution in [0.5, 0.6) is 5.88 Å². The van der Waals surface area contributed by atoms with E-state index in [0.717, 1.165) is 38.5 Å². The van der Waals surface area contributed by atoms with E-state index in [2.05, 4.69) is 35.7 Å². The zero-order chi connectivity index (χ0) is 22.5. The molecule has 0 bridgehead atoms. The van der Waals surface area contributed by atoms with Gasteiger partial charge in [0.15, 0.2) is 6.10 Å². The van der Waals surface area contributed by atoms with E-state index >= 15 is 0 Å². The molecule has 1 saturated carbocycles. The van der Waals surface area contributed by atoms with E-state index in [-0.39, 0.29) is 17.6 Å². The Kier molecular flexibility index (Phi) is 5.34. The minimum atomic E-state index is -4.49. The summed E-state index contributed by atoms with van der Waals surface area (Å²) in [6.07, 6.45) is -0.281. The van der Waals surface area contributed by atoms with E-state index in [1.165, 1.54) is 33.7 Å². The lowest BCUT2D eigenvalue weighted by Gasteiger charge is -2.32. The van der Waals surface area contributed by atoms with Gasteiger partial charge in [0.05, 0.1) is 5.69 Å². The lowest BCUT2D eigenvalue weighted by atomic mass is 9.78. The van der Waals surface area contributed by atoms with Crippen LogP contribution in [0.15, 0.2) is 18.5 Å². The van der Waals surface area contributed by atoms with Crippen LogP contribution in [-0.2, 0) is 0 Å². The van der Waals surface area contributed by atoms with Crippen molar-refractivity contribution in [3.63, 3.8) is 0 Å². The Morgan fingerprint density at radius 1 is 1.28 bits per heavy atom. The van der Waals surface area contributed by atoms with Crippen LogP contribution in [0.25, 0.3) is 5.65 Å². The van der Waals surface area contributed by atoms with Crippen molar-refractivity contribution >= 4 is 28.1 Å². The summed E-state index contributed by atoms with van der Waals surface area (Å²) in [5.74, 6) is 1.21. The van der Waals surface area contributed by atoms with Crippen molar-refractivity contribution in [3.8, 4) is 5.88 Å². The first-order chi connectivity index (χ1) is 15.3. The number of nitrogens with one attached hydrogen (secondary N) is 1. The number of halogens is 3. The molecule has 172 valence electrons. The number of aromatic nitrogens is 5. The smallest absolute Gasteiger partial charge is 0.425 e. The van der Waals surface area contributed by atoms with E-state index in [9.17, 15) is 13.2 Å². The Morgan fingerprint density at radius 3 is 2.88 bits per heavy atom. The molecule has 4 heterocycles. The summed E-state index contributed by atoms with van der Waals surface area (Å²) in [5.41, 5.74) is 1.20. The summed E-state index contributed by atoms with van der Waals surface area (Å²) in [4.78, 5) is 10.7. The van der Waals surface area contributed by atoms with Gasteiger partial charge in [0.25, 0.3) is 5.88 Å². The Balaban J connectivity index is 1.33. The summed E-state index contributed by atoms with van der Waals surface area (Å²) < 4.78 is 49.6. The summed E-state index contributed by atoms with van der Waals surface area (Å²) in [7, 11) is 0. The molecule has 32 heavy (non-hydrogen) atoms. The topological polar surface area (TPSA) is 80.5 Å². The molecule has 3 aromatic rings. The number of hydrogen-bond acceptors (Lipinski definition) is 8. The monoisotopic (exact) mass is 467 g/mol. The van der Waals surface area contributed by atoms with Crippen LogP contribution in [0.4, 0.5) is 24.1 Å². The number of rotatable bonds is 5. The highest BCUT2D eigenvalue weighted by atomic mass is 32.1. The summed E-state index contributed by atoms with van der Waals surface area (Å²) >= 11 is 1.54. The zero-order valence-electron chi connectivity index (χ0n) is 17.7. The molecule has 2 aliphatic rings. The van der Waals surface area contributed by atoms with E-state index in [4.69, 9.17) is 4.74 Å². The van der Waals surface area contributed by atoms with Crippen LogP contribution >= 0.6 is 11.5 Å². The van der Waals surface area contributed by atoms with Crippen LogP contribution in [0, 0.1) is 18.8 Å². The van der Waals surface area contributed by atoms with E-state index in [1.54, 1.807) is 6.20 Å². The molecule has 2 unspecified atom stereocenters. The van der Waals surface area contributed by atoms with Gasteiger partial charge < -0.3 is 15.0 Å². The number of ether oxygens (including phenoxy) is 1. The predicted octanol–water partition coefficient (Wildman–Crippen LogP) is 3.94. The molecule has 0 spiro atoms. The van der Waals surface area contributed by atoms with Crippen molar-refractivity contribution in [2.75, 3.05) is 23.3 Å². The lowest BCUT2D eigenvalue weighted by Crippen LogP contribution is -2.37. The molecule has 1 aliphatic heterocycles. The zero-order valence-corrected chi connectivity index (χ0v) is 18.5. The maximum atomic E-state index is 12.9. The largest absolute Gasteiger partial charge is 0.462 e. The normalized spacial score (nSPS) is 24.5. The Hall–Kier alpha value is -2.63. The quantitative estimate of drug-likeness (QED) is 0.609. The van der Waals surface area contributed by atoms with Crippen molar-refractivity contribution in [1.82, 2.24) is 24.0 Å². The van der Waals surface area contributed by atoms with Gasteiger partial charge in [0, 0.05) is 37.4 Å². The fourth-order valence-electron chi connectivity index (χ4n) is 4.67. The maximum absolute atomic E-state index is 12.9. The van der Waals surface area contributed by atoms with E-state index < -0.39 is 12.3 Å². The molecule has 1 N–H and O–H groups in total. The minimum absolute atomic E-state index is 0.159. The van der Waals surface area contributed by atoms with Crippen molar-refractivity contribution in [2.24, 2.45) is 11.8 Å². The second-order valence-corrected chi connectivity index (χ2v) is 9.34. The summed E-state index contributed by atoms with van der Waals surface area (Å²) in [5, 5.41) is 9.05. The van der Waals surface area contributed by atoms with Crippen LogP contribution in [0.3, 0.4) is 0 Å². The number of hydrogen-bond donors (Lipinski definition) is 1. The van der Waals surface area contributed by atoms with Crippen LogP contribution in [0.2, 0.25) is 0 Å². The number of nitrogens with zero attached hydrogens (tertiary/aromatic N) is 6. The number of anilines is 2. The average molecular weight is 468 g/mol. The third-order valence-electron chi connectivity index (χ3n) is 6.31. The number of fused-ring (bicyclic) bond motifs is 2. The van der Waals surface area contributed by atoms with Crippen LogP contribution < -0.4 is 15.0 Å². The number of aryl methyl sites for hydroxylation is 1. The Morgan fingerprint density at radius 2 is 2.12 bits per heavy atom. The van der Waals surface area contributed by atoms with Crippen molar-refractivity contribution in [1.29, 1.82) is 0 Å². The molecule has 12 heteroatoms. The summed E-state index contributed by atoms with van der Waals surface area (Å²) in [6, 6.07) is 2.32. The van der Waals surface area contributed by atoms with Gasteiger partial charge in [-0.15, -0.1) is 5.10 Å². The molecule has 0 amide bonds. The van der Waals surface area contributed by atoms with Crippen LogP contribution in [0.1, 0.15) is 31.9 Å². The molecule has 2 fully saturated rings. The molecule has 5 rings (SSSR count). The van der Waals surface area contributed by atoms with E-state index in [0.29, 0.717) is 17.8 Å². The number of alkyl halides is 3. The molecule has 1 saturated heterocycles. The SMILES string of the molecule is Cc1cc(N2CC3CCC[C@@H](Nc4nc5c(OC(C)C(F)(F)F)nccn5n4)[C@@H]3C2)sn1. The summed E-state index contributed by atoms with van der Waals surface area (Å²) in [6.45, 7) is 4.90. The van der Waals surface area contributed by atoms with Gasteiger partial charge in [-0.2, -0.15) is 22.5 Å². The highest BCUT2D eigenvalue weighted by Crippen LogP contribution is 2.40. The third-order valence-corrected chi connectivity index (χ3v) is 7.25. The van der Waals surface area contributed by atoms with Crippen molar-refractivity contribution in [2.45, 2.75) is 51.4 Å². The first-order valence-electron chi connectivity index (χ1n) is 10.7. The second-order valence-electron chi connectivity index (χ2n) is 8.55. The van der Waals surface area contributed by atoms with Crippen molar-refractivity contribution < 1.29 is 17.9 Å². The molecule has 4 atom stereocenters. The third kappa shape index (κ3) is 4.07. The first-order valence-corrected chi connectivity index (χ1v) is 11.4. The highest BCUT2D eigenvalue weighted by Gasteiger charge is 2.41. The van der Waals surface area contributed by atoms with Gasteiger partial charge in [0.2, 0.25) is 11.6 Å². The molecule has 3 aromatic heterocycles. The Bertz CT molecular complexity index is 1100.